The molecule has 29 nitrogen and oxygen atoms in total. The summed E-state index contributed by atoms with van der Waals surface area (Å²) < 4.78 is 0. The van der Waals surface area contributed by atoms with E-state index in [0.717, 1.165) is 0 Å². The molecule has 11 amide bonds. The average molecular weight is 1130 g/mol. The number of likely N-dealkylation sites (tertiary alicyclic amines) is 1. The van der Waals surface area contributed by atoms with Crippen LogP contribution in [0.1, 0.15) is 68.9 Å². The Kier molecular flexibility index (Phi) is 27.0. The maximum absolute atomic E-state index is 14.4. The van der Waals surface area contributed by atoms with Crippen LogP contribution < -0.4 is 71.6 Å². The number of hydrogen-bond acceptors (Lipinski definition) is 16. The van der Waals surface area contributed by atoms with Gasteiger partial charge in [0.15, 0.2) is 5.96 Å². The molecule has 0 aliphatic carbocycles. The first kappa shape index (κ1) is 64.7. The number of carbonyl (C=O) groups excluding carboxylic acids is 11. The van der Waals surface area contributed by atoms with Crippen molar-refractivity contribution in [2.45, 2.75) is 119 Å². The van der Waals surface area contributed by atoms with Crippen molar-refractivity contribution in [2.75, 3.05) is 31.6 Å². The second-order valence-corrected chi connectivity index (χ2v) is 19.4. The summed E-state index contributed by atoms with van der Waals surface area (Å²) in [5.74, 6) is -11.7. The molecule has 0 aromatic heterocycles. The molecule has 1 aliphatic rings. The van der Waals surface area contributed by atoms with Crippen molar-refractivity contribution in [3.63, 3.8) is 0 Å². The van der Waals surface area contributed by atoms with Crippen molar-refractivity contribution in [1.29, 1.82) is 0 Å². The lowest BCUT2D eigenvalue weighted by Crippen LogP contribution is -2.61. The number of aliphatic carboxylic acids is 1. The highest BCUT2D eigenvalue weighted by Crippen LogP contribution is 2.21. The number of carboxylic acid groups (broad SMARTS) is 1. The van der Waals surface area contributed by atoms with E-state index in [2.05, 4.69) is 42.2 Å². The minimum atomic E-state index is -1.81. The molecule has 0 unspecified atom stereocenters. The van der Waals surface area contributed by atoms with Crippen LogP contribution >= 0.6 is 11.8 Å². The number of aromatic hydroxyl groups is 1. The van der Waals surface area contributed by atoms with E-state index >= 15 is 0 Å². The molecule has 0 radical (unpaired) electrons. The van der Waals surface area contributed by atoms with E-state index in [0.29, 0.717) is 17.5 Å². The molecule has 2 aromatic rings. The van der Waals surface area contributed by atoms with Gasteiger partial charge in [-0.25, -0.2) is 0 Å². The number of benzene rings is 2. The fourth-order valence-corrected chi connectivity index (χ4v) is 8.56. The number of guanidine groups is 1. The number of nitrogens with two attached hydrogens (primary N) is 6. The third-order valence-corrected chi connectivity index (χ3v) is 12.7. The fraction of sp³-hybridized carbons (Fsp3) is 0.490. The van der Waals surface area contributed by atoms with E-state index in [1.54, 1.807) is 36.6 Å². The lowest BCUT2D eigenvalue weighted by Gasteiger charge is -2.31. The highest BCUT2D eigenvalue weighted by atomic mass is 32.2. The highest BCUT2D eigenvalue weighted by molar-refractivity contribution is 7.98. The Labute approximate surface area is 458 Å². The van der Waals surface area contributed by atoms with E-state index in [1.807, 2.05) is 0 Å². The number of rotatable bonds is 34. The largest absolute Gasteiger partial charge is 0.508 e. The zero-order valence-electron chi connectivity index (χ0n) is 43.5. The van der Waals surface area contributed by atoms with Crippen LogP contribution in [0, 0.1) is 0 Å². The zero-order chi connectivity index (χ0) is 58.8. The molecule has 1 fully saturated rings. The molecule has 21 N–H and O–H groups in total. The van der Waals surface area contributed by atoms with Gasteiger partial charge in [-0.3, -0.25) is 62.5 Å². The molecule has 1 saturated heterocycles. The first-order valence-electron chi connectivity index (χ1n) is 25.0. The van der Waals surface area contributed by atoms with E-state index in [1.165, 1.54) is 40.9 Å². The summed E-state index contributed by atoms with van der Waals surface area (Å²) >= 11 is 1.31. The smallest absolute Gasteiger partial charge is 0.305 e. The van der Waals surface area contributed by atoms with E-state index < -0.39 is 152 Å². The van der Waals surface area contributed by atoms with Crippen LogP contribution in [0.2, 0.25) is 0 Å². The topological polar surface area (TPSA) is 501 Å². The second-order valence-electron chi connectivity index (χ2n) is 18.4. The standard InChI is InChI=1S/C49H71N15O14S/c1-79-20-17-32(48(78)64-19-6-10-36(64)47(77)59-30(9-5-18-56-49(54)55)42(72)57-25-39(53)68)60-46(76)35(24-38(52)67)63-43(73)31(15-16-37(51)66)58-44(74)34(21-26-7-3-2-4-8-26)62-45(75)33(22-27-11-13-28(65)14-12-27)61-41(71)29(50)23-40(69)70/h2-4,7-8,11-14,29-36,65H,5-6,9-10,15-25,50H2,1H3,(H2,51,66)(H2,52,67)(H2,53,68)(H,57,72)(H,58,74)(H,59,77)(H,60,76)(H,61,71)(H,62,75)(H,63,73)(H,69,70)(H4,54,55,56)/t29-,30-,31-,32-,33-,34-,35-,36-/m0/s1. The predicted molar refractivity (Wildman–Crippen MR) is 286 cm³/mol. The maximum Gasteiger partial charge on any atom is 0.305 e. The number of aliphatic imine (C=N–C) groups is 1. The summed E-state index contributed by atoms with van der Waals surface area (Å²) in [6.07, 6.45) is -0.653. The summed E-state index contributed by atoms with van der Waals surface area (Å²) in [6.45, 7) is -0.374. The van der Waals surface area contributed by atoms with Gasteiger partial charge in [0.25, 0.3) is 0 Å². The van der Waals surface area contributed by atoms with Gasteiger partial charge in [0.2, 0.25) is 65.0 Å². The molecule has 432 valence electrons. The maximum atomic E-state index is 14.4. The van der Waals surface area contributed by atoms with Crippen LogP contribution in [-0.4, -0.2) is 172 Å². The highest BCUT2D eigenvalue weighted by Gasteiger charge is 2.40. The molecular weight excluding hydrogens is 1050 g/mol. The van der Waals surface area contributed by atoms with Crippen molar-refractivity contribution >= 4 is 88.7 Å². The second kappa shape index (κ2) is 32.9. The summed E-state index contributed by atoms with van der Waals surface area (Å²) in [5, 5.41) is 36.4. The van der Waals surface area contributed by atoms with Crippen molar-refractivity contribution in [1.82, 2.24) is 42.1 Å². The Balaban J connectivity index is 1.92. The normalized spacial score (nSPS) is 15.4. The Hall–Kier alpha value is -8.54. The molecule has 1 heterocycles. The molecule has 0 spiro atoms. The first-order valence-corrected chi connectivity index (χ1v) is 26.4. The van der Waals surface area contributed by atoms with Crippen LogP contribution in [0.15, 0.2) is 59.6 Å². The Morgan fingerprint density at radius 1 is 0.633 bits per heavy atom. The molecular formula is C49H71N15O14S. The van der Waals surface area contributed by atoms with Crippen LogP contribution in [0.4, 0.5) is 0 Å². The number of hydrogen-bond donors (Lipinski definition) is 15. The summed E-state index contributed by atoms with van der Waals surface area (Å²) in [7, 11) is 0. The SMILES string of the molecule is CSCC[C@H](NC(=O)[C@H](CC(N)=O)NC(=O)[C@H](CCC(N)=O)NC(=O)[C@H](Cc1ccccc1)NC(=O)[C@H](Cc1ccc(O)cc1)NC(=O)[C@@H](N)CC(=O)O)C(=O)N1CCC[C@H]1C(=O)N[C@@H](CCCN=C(N)N)C(=O)NCC(N)=O. The van der Waals surface area contributed by atoms with Gasteiger partial charge >= 0.3 is 5.97 Å². The number of phenols is 1. The minimum Gasteiger partial charge on any atom is -0.508 e. The van der Waals surface area contributed by atoms with Crippen molar-refractivity contribution < 1.29 is 67.7 Å². The van der Waals surface area contributed by atoms with Gasteiger partial charge in [0.1, 0.15) is 48.0 Å². The Morgan fingerprint density at radius 2 is 1.18 bits per heavy atom. The molecule has 0 bridgehead atoms. The van der Waals surface area contributed by atoms with Gasteiger partial charge in [-0.15, -0.1) is 0 Å². The van der Waals surface area contributed by atoms with Crippen molar-refractivity contribution in [2.24, 2.45) is 39.4 Å². The third kappa shape index (κ3) is 23.3. The van der Waals surface area contributed by atoms with E-state index in [4.69, 9.17) is 34.4 Å². The van der Waals surface area contributed by atoms with Crippen molar-refractivity contribution in [3.8, 4) is 5.75 Å². The third-order valence-electron chi connectivity index (χ3n) is 12.1. The summed E-state index contributed by atoms with van der Waals surface area (Å²) in [4.78, 5) is 164. The van der Waals surface area contributed by atoms with Gasteiger partial charge in [0, 0.05) is 32.4 Å². The number of nitrogens with zero attached hydrogens (tertiary/aromatic N) is 2. The van der Waals surface area contributed by atoms with Gasteiger partial charge in [-0.1, -0.05) is 42.5 Å². The number of amides is 11. The average Bonchev–Trinajstić information content (AvgIpc) is 3.90. The van der Waals surface area contributed by atoms with E-state index in [-0.39, 0.29) is 69.1 Å². The van der Waals surface area contributed by atoms with Crippen LogP contribution in [0.25, 0.3) is 0 Å². The van der Waals surface area contributed by atoms with Crippen LogP contribution in [0.3, 0.4) is 0 Å². The minimum absolute atomic E-state index is 0.0167. The first-order chi connectivity index (χ1) is 37.4. The number of carbonyl (C=O) groups is 12. The number of primary amides is 3. The molecule has 1 aliphatic heterocycles. The molecule has 0 saturated carbocycles. The molecule has 2 aromatic carbocycles. The van der Waals surface area contributed by atoms with E-state index in [9.17, 15) is 67.7 Å². The van der Waals surface area contributed by atoms with Crippen LogP contribution in [-0.2, 0) is 70.4 Å². The number of carboxylic acids is 1. The number of phenolic OH excluding ortho intramolecular Hbond substituents is 1. The Bertz CT molecular complexity index is 2520. The van der Waals surface area contributed by atoms with Gasteiger partial charge < -0.3 is 86.7 Å². The van der Waals surface area contributed by atoms with Gasteiger partial charge in [-0.2, -0.15) is 11.8 Å². The quantitative estimate of drug-likeness (QED) is 0.0177. The summed E-state index contributed by atoms with van der Waals surface area (Å²) in [5.41, 5.74) is 33.7. The number of thioether (sulfide) groups is 1. The number of nitrogens with one attached hydrogen (secondary N) is 7. The van der Waals surface area contributed by atoms with Gasteiger partial charge in [0.05, 0.1) is 25.4 Å². The zero-order valence-corrected chi connectivity index (χ0v) is 44.3. The molecule has 3 rings (SSSR count). The molecule has 30 heteroatoms. The fourth-order valence-electron chi connectivity index (χ4n) is 8.08. The lowest BCUT2D eigenvalue weighted by molar-refractivity contribution is -0.142. The Morgan fingerprint density at radius 3 is 1.75 bits per heavy atom. The lowest BCUT2D eigenvalue weighted by atomic mass is 10.0. The molecule has 8 atom stereocenters. The van der Waals surface area contributed by atoms with Gasteiger partial charge in [-0.05, 0) is 73.8 Å². The van der Waals surface area contributed by atoms with Crippen molar-refractivity contribution in [3.05, 3.63) is 65.7 Å². The van der Waals surface area contributed by atoms with Crippen LogP contribution in [0.5, 0.6) is 5.75 Å². The summed E-state index contributed by atoms with van der Waals surface area (Å²) in [6, 6.07) is 1.93. The predicted octanol–water partition coefficient (Wildman–Crippen LogP) is -5.57. The molecule has 79 heavy (non-hydrogen) atoms. The monoisotopic (exact) mass is 1130 g/mol.